The number of aromatic nitrogens is 3. The summed E-state index contributed by atoms with van der Waals surface area (Å²) in [5.41, 5.74) is 1.15. The van der Waals surface area contributed by atoms with Gasteiger partial charge in [0.25, 0.3) is 5.91 Å². The number of para-hydroxylation sites is 1. The van der Waals surface area contributed by atoms with Crippen molar-refractivity contribution in [1.29, 1.82) is 0 Å². The van der Waals surface area contributed by atoms with E-state index in [4.69, 9.17) is 0 Å². The van der Waals surface area contributed by atoms with Crippen LogP contribution in [0.15, 0.2) is 67.1 Å². The first-order valence-corrected chi connectivity index (χ1v) is 9.16. The molecule has 0 atom stereocenters. The van der Waals surface area contributed by atoms with Gasteiger partial charge in [0, 0.05) is 29.7 Å². The van der Waals surface area contributed by atoms with Crippen molar-refractivity contribution in [2.75, 3.05) is 0 Å². The number of halogens is 1. The van der Waals surface area contributed by atoms with Crippen LogP contribution in [0.3, 0.4) is 0 Å². The Morgan fingerprint density at radius 1 is 1.07 bits per heavy atom. The molecule has 0 unspecified atom stereocenters. The van der Waals surface area contributed by atoms with Crippen LogP contribution in [-0.4, -0.2) is 20.4 Å². The molecule has 2 heterocycles. The number of benzene rings is 2. The largest absolute Gasteiger partial charge is 1.00 e. The fourth-order valence-electron chi connectivity index (χ4n) is 3.53. The number of nitrogens with zero attached hydrogens (tertiary/aromatic N) is 4. The van der Waals surface area contributed by atoms with Gasteiger partial charge in [-0.25, -0.2) is 0 Å². The first-order valence-electron chi connectivity index (χ1n) is 9.16. The number of aryl methyl sites for hydroxylation is 1. The molecule has 0 amide bonds. The lowest BCUT2D eigenvalue weighted by Gasteiger charge is -2.05. The van der Waals surface area contributed by atoms with Crippen molar-refractivity contribution in [2.24, 2.45) is 0 Å². The van der Waals surface area contributed by atoms with Crippen LogP contribution in [0.4, 0.5) is 5.95 Å². The molecule has 8 heteroatoms. The SMILES string of the molecule is O=C(CCCC[n+]1cc2ccccc2c2ccccc21)n1ccnc1[N+](=O)[O-].[Br-]. The Kier molecular flexibility index (Phi) is 6.33. The van der Waals surface area contributed by atoms with Crippen molar-refractivity contribution < 1.29 is 31.3 Å². The second-order valence-corrected chi connectivity index (χ2v) is 6.63. The van der Waals surface area contributed by atoms with Gasteiger partial charge in [0.1, 0.15) is 18.9 Å². The highest BCUT2D eigenvalue weighted by molar-refractivity contribution is 6.03. The van der Waals surface area contributed by atoms with Crippen LogP contribution in [0.5, 0.6) is 0 Å². The summed E-state index contributed by atoms with van der Waals surface area (Å²) in [4.78, 5) is 26.1. The number of carbonyl (C=O) groups excluding carboxylic acids is 1. The Morgan fingerprint density at radius 3 is 2.59 bits per heavy atom. The summed E-state index contributed by atoms with van der Waals surface area (Å²) in [6, 6.07) is 16.6. The molecule has 0 fully saturated rings. The Balaban J connectivity index is 0.00000240. The van der Waals surface area contributed by atoms with E-state index in [1.165, 1.54) is 28.6 Å². The van der Waals surface area contributed by atoms with Crippen molar-refractivity contribution >= 4 is 33.5 Å². The molecule has 7 nitrogen and oxygen atoms in total. The van der Waals surface area contributed by atoms with Gasteiger partial charge >= 0.3 is 5.95 Å². The number of hydrogen-bond donors (Lipinski definition) is 0. The first-order chi connectivity index (χ1) is 13.6. The van der Waals surface area contributed by atoms with E-state index in [1.54, 1.807) is 0 Å². The maximum absolute atomic E-state index is 12.2. The van der Waals surface area contributed by atoms with Gasteiger partial charge in [0.05, 0.1) is 5.39 Å². The number of carbonyl (C=O) groups is 1. The summed E-state index contributed by atoms with van der Waals surface area (Å²) in [6.45, 7) is 0.769. The lowest BCUT2D eigenvalue weighted by molar-refractivity contribution is -0.670. The highest BCUT2D eigenvalue weighted by atomic mass is 79.9. The quantitative estimate of drug-likeness (QED) is 0.142. The zero-order chi connectivity index (χ0) is 19.5. The fourth-order valence-corrected chi connectivity index (χ4v) is 3.53. The standard InChI is InChI=1S/C21H19N4O3.BrH/c26-20(24-14-12-22-21(24)25(27)28)11-5-6-13-23-15-16-7-1-2-8-17(16)18-9-3-4-10-19(18)23;/h1-4,7-10,12,14-15H,5-6,11,13H2;1H/q+1;/p-1. The minimum atomic E-state index is -0.644. The topological polar surface area (TPSA) is 81.9 Å². The molecule has 0 spiro atoms. The third kappa shape index (κ3) is 4.17. The number of imidazole rings is 1. The van der Waals surface area contributed by atoms with E-state index in [9.17, 15) is 14.9 Å². The Morgan fingerprint density at radius 2 is 1.79 bits per heavy atom. The van der Waals surface area contributed by atoms with Crippen LogP contribution < -0.4 is 21.5 Å². The van der Waals surface area contributed by atoms with Gasteiger partial charge in [-0.3, -0.25) is 4.79 Å². The molecule has 4 aromatic rings. The number of hydrogen-bond acceptors (Lipinski definition) is 4. The normalized spacial score (nSPS) is 10.8. The smallest absolute Gasteiger partial charge is 0.441 e. The van der Waals surface area contributed by atoms with Gasteiger partial charge < -0.3 is 27.1 Å². The molecule has 0 N–H and O–H groups in total. The molecule has 148 valence electrons. The second-order valence-electron chi connectivity index (χ2n) is 6.63. The third-order valence-corrected chi connectivity index (χ3v) is 4.85. The summed E-state index contributed by atoms with van der Waals surface area (Å²) in [5.74, 6) is -0.738. The molecular formula is C21H19BrN4O3. The van der Waals surface area contributed by atoms with E-state index >= 15 is 0 Å². The molecule has 0 radical (unpaired) electrons. The molecular weight excluding hydrogens is 436 g/mol. The van der Waals surface area contributed by atoms with Gasteiger partial charge in [0.15, 0.2) is 6.20 Å². The number of rotatable bonds is 6. The van der Waals surface area contributed by atoms with Crippen molar-refractivity contribution in [2.45, 2.75) is 25.8 Å². The Bertz CT molecular complexity index is 1190. The molecule has 29 heavy (non-hydrogen) atoms. The predicted molar refractivity (Wildman–Crippen MR) is 105 cm³/mol. The van der Waals surface area contributed by atoms with E-state index in [2.05, 4.69) is 40.0 Å². The van der Waals surface area contributed by atoms with Gasteiger partial charge in [0.2, 0.25) is 5.52 Å². The molecule has 4 rings (SSSR count). The van der Waals surface area contributed by atoms with Crippen LogP contribution in [0.1, 0.15) is 24.1 Å². The van der Waals surface area contributed by atoms with Crippen molar-refractivity contribution in [3.05, 3.63) is 77.2 Å². The number of nitro groups is 1. The zero-order valence-electron chi connectivity index (χ0n) is 15.6. The van der Waals surface area contributed by atoms with Crippen LogP contribution >= 0.6 is 0 Å². The van der Waals surface area contributed by atoms with Crippen LogP contribution in [0.25, 0.3) is 21.7 Å². The number of fused-ring (bicyclic) bond motifs is 3. The van der Waals surface area contributed by atoms with E-state index in [1.807, 2.05) is 24.3 Å². The van der Waals surface area contributed by atoms with E-state index < -0.39 is 10.9 Å². The van der Waals surface area contributed by atoms with Crippen molar-refractivity contribution in [3.8, 4) is 0 Å². The molecule has 0 bridgehead atoms. The Labute approximate surface area is 177 Å². The average molecular weight is 455 g/mol. The summed E-state index contributed by atoms with van der Waals surface area (Å²) in [7, 11) is 0. The van der Waals surface area contributed by atoms with Crippen LogP contribution in [0, 0.1) is 10.1 Å². The summed E-state index contributed by atoms with van der Waals surface area (Å²) in [5, 5.41) is 14.5. The predicted octanol–water partition coefficient (Wildman–Crippen LogP) is 0.900. The monoisotopic (exact) mass is 454 g/mol. The molecule has 0 aliphatic heterocycles. The minimum absolute atomic E-state index is 0. The van der Waals surface area contributed by atoms with Gasteiger partial charge in [-0.05, 0) is 23.5 Å². The lowest BCUT2D eigenvalue weighted by atomic mass is 10.1. The molecule has 0 aliphatic carbocycles. The molecule has 2 aromatic carbocycles. The maximum Gasteiger partial charge on any atom is 0.441 e. The number of pyridine rings is 1. The van der Waals surface area contributed by atoms with E-state index in [0.29, 0.717) is 6.42 Å². The first kappa shape index (κ1) is 20.6. The highest BCUT2D eigenvalue weighted by Gasteiger charge is 2.20. The summed E-state index contributed by atoms with van der Waals surface area (Å²) >= 11 is 0. The molecule has 2 aromatic heterocycles. The highest BCUT2D eigenvalue weighted by Crippen LogP contribution is 2.22. The fraction of sp³-hybridized carbons (Fsp3) is 0.190. The second kappa shape index (κ2) is 8.91. The van der Waals surface area contributed by atoms with Crippen LogP contribution in [-0.2, 0) is 6.54 Å². The molecule has 0 aliphatic rings. The van der Waals surface area contributed by atoms with Gasteiger partial charge in [-0.1, -0.05) is 35.3 Å². The van der Waals surface area contributed by atoms with Crippen LogP contribution in [0.2, 0.25) is 0 Å². The summed E-state index contributed by atoms with van der Waals surface area (Å²) < 4.78 is 3.22. The van der Waals surface area contributed by atoms with Gasteiger partial charge in [-0.15, -0.1) is 0 Å². The lowest BCUT2D eigenvalue weighted by Crippen LogP contribution is -3.00. The zero-order valence-corrected chi connectivity index (χ0v) is 17.2. The van der Waals surface area contributed by atoms with E-state index in [0.717, 1.165) is 23.0 Å². The van der Waals surface area contributed by atoms with Crippen molar-refractivity contribution in [3.63, 3.8) is 0 Å². The van der Waals surface area contributed by atoms with E-state index in [-0.39, 0.29) is 29.3 Å². The minimum Gasteiger partial charge on any atom is -1.00 e. The average Bonchev–Trinajstić information content (AvgIpc) is 3.21. The number of unbranched alkanes of at least 4 members (excludes halogenated alkanes) is 1. The van der Waals surface area contributed by atoms with Gasteiger partial charge in [-0.2, -0.15) is 9.13 Å². The molecule has 0 saturated heterocycles. The third-order valence-electron chi connectivity index (χ3n) is 4.85. The van der Waals surface area contributed by atoms with Crippen molar-refractivity contribution in [1.82, 2.24) is 9.55 Å². The maximum atomic E-state index is 12.2. The summed E-state index contributed by atoms with van der Waals surface area (Å²) in [6.07, 6.45) is 6.42. The molecule has 0 saturated carbocycles. The Hall–Kier alpha value is -3.13.